The Labute approximate surface area is 170 Å². The van der Waals surface area contributed by atoms with Gasteiger partial charge in [-0.25, -0.2) is 9.78 Å². The van der Waals surface area contributed by atoms with Crippen molar-refractivity contribution in [3.8, 4) is 11.4 Å². The Kier molecular flexibility index (Phi) is 3.85. The molecule has 2 aliphatic rings. The number of rotatable bonds is 2. The van der Waals surface area contributed by atoms with Crippen LogP contribution in [0.4, 0.5) is 0 Å². The quantitative estimate of drug-likeness (QED) is 0.508. The number of carbonyl (C=O) groups is 2. The second-order valence-corrected chi connectivity index (χ2v) is 7.50. The third kappa shape index (κ3) is 2.43. The molecule has 1 unspecified atom stereocenters. The molecular formula is C22H18N2O6. The molecule has 2 aliphatic heterocycles. The highest BCUT2D eigenvalue weighted by molar-refractivity contribution is 5.86. The Morgan fingerprint density at radius 3 is 2.83 bits per heavy atom. The van der Waals surface area contributed by atoms with E-state index >= 15 is 0 Å². The summed E-state index contributed by atoms with van der Waals surface area (Å²) in [5.41, 5.74) is 0.289. The molecule has 5 rings (SSSR count). The van der Waals surface area contributed by atoms with Crippen LogP contribution in [0.25, 0.3) is 22.3 Å². The summed E-state index contributed by atoms with van der Waals surface area (Å²) in [6, 6.07) is 11.2. The molecule has 8 heteroatoms. The average molecular weight is 406 g/mol. The molecule has 0 saturated carbocycles. The van der Waals surface area contributed by atoms with E-state index in [1.54, 1.807) is 13.0 Å². The molecule has 152 valence electrons. The predicted molar refractivity (Wildman–Crippen MR) is 105 cm³/mol. The van der Waals surface area contributed by atoms with Crippen LogP contribution in [0.3, 0.4) is 0 Å². The molecule has 1 aromatic carbocycles. The summed E-state index contributed by atoms with van der Waals surface area (Å²) >= 11 is 0. The van der Waals surface area contributed by atoms with E-state index in [1.165, 1.54) is 4.57 Å². The van der Waals surface area contributed by atoms with Gasteiger partial charge in [-0.3, -0.25) is 9.59 Å². The molecule has 0 bridgehead atoms. The summed E-state index contributed by atoms with van der Waals surface area (Å²) in [4.78, 5) is 42.2. The average Bonchev–Trinajstić information content (AvgIpc) is 3.07. The molecule has 2 aromatic heterocycles. The van der Waals surface area contributed by atoms with E-state index < -0.39 is 29.4 Å². The molecule has 0 aliphatic carbocycles. The minimum absolute atomic E-state index is 0.00742. The normalized spacial score (nSPS) is 21.6. The number of ether oxygens (including phenoxy) is 2. The summed E-state index contributed by atoms with van der Waals surface area (Å²) in [5.74, 6) is -1.67. The van der Waals surface area contributed by atoms with Gasteiger partial charge in [0.1, 0.15) is 5.56 Å². The number of nitrogens with zero attached hydrogens (tertiary/aromatic N) is 2. The summed E-state index contributed by atoms with van der Waals surface area (Å²) in [7, 11) is 0. The first-order chi connectivity index (χ1) is 14.3. The number of hydrogen-bond donors (Lipinski definition) is 1. The first-order valence-electron chi connectivity index (χ1n) is 9.61. The second-order valence-electron chi connectivity index (χ2n) is 7.50. The van der Waals surface area contributed by atoms with E-state index in [1.807, 2.05) is 30.3 Å². The molecule has 0 amide bonds. The summed E-state index contributed by atoms with van der Waals surface area (Å²) in [6.07, 6.45) is -1.51. The van der Waals surface area contributed by atoms with Crippen molar-refractivity contribution in [2.45, 2.75) is 38.7 Å². The van der Waals surface area contributed by atoms with Gasteiger partial charge in [-0.2, -0.15) is 0 Å². The van der Waals surface area contributed by atoms with Gasteiger partial charge in [0.25, 0.3) is 11.8 Å². The number of cyclic esters (lactones) is 1. The smallest absolute Gasteiger partial charge is 0.346 e. The van der Waals surface area contributed by atoms with E-state index in [-0.39, 0.29) is 24.1 Å². The van der Waals surface area contributed by atoms with Gasteiger partial charge >= 0.3 is 11.9 Å². The van der Waals surface area contributed by atoms with Crippen molar-refractivity contribution in [1.82, 2.24) is 9.55 Å². The Balaban J connectivity index is 1.79. The molecule has 1 N–H and O–H groups in total. The van der Waals surface area contributed by atoms with Crippen LogP contribution in [0.2, 0.25) is 0 Å². The highest BCUT2D eigenvalue weighted by atomic mass is 16.7. The maximum absolute atomic E-state index is 13.4. The number of hydrogen-bond acceptors (Lipinski definition) is 7. The first-order valence-corrected chi connectivity index (χ1v) is 9.61. The van der Waals surface area contributed by atoms with Gasteiger partial charge in [0, 0.05) is 23.4 Å². The topological polar surface area (TPSA) is 108 Å². The number of esters is 2. The predicted octanol–water partition coefficient (Wildman–Crippen LogP) is 2.14. The number of fused-ring (bicyclic) bond motifs is 5. The van der Waals surface area contributed by atoms with Crippen molar-refractivity contribution in [3.05, 3.63) is 63.4 Å². The number of aromatic nitrogens is 2. The van der Waals surface area contributed by atoms with Crippen LogP contribution in [0.1, 0.15) is 43.2 Å². The van der Waals surface area contributed by atoms with Gasteiger partial charge in [0.2, 0.25) is 0 Å². The lowest BCUT2D eigenvalue weighted by Crippen LogP contribution is -2.46. The van der Waals surface area contributed by atoms with Crippen LogP contribution >= 0.6 is 0 Å². The zero-order valence-corrected chi connectivity index (χ0v) is 16.3. The van der Waals surface area contributed by atoms with Crippen LogP contribution in [-0.4, -0.2) is 26.6 Å². The van der Waals surface area contributed by atoms with Crippen LogP contribution in [0.15, 0.2) is 41.2 Å². The van der Waals surface area contributed by atoms with E-state index in [0.29, 0.717) is 11.4 Å². The third-order valence-corrected chi connectivity index (χ3v) is 5.73. The lowest BCUT2D eigenvalue weighted by atomic mass is 9.85. The van der Waals surface area contributed by atoms with Crippen LogP contribution in [-0.2, 0) is 31.2 Å². The van der Waals surface area contributed by atoms with Gasteiger partial charge in [-0.05, 0) is 24.6 Å². The SMILES string of the molecule is CC[C@@]1(O)C(=O)OC(OC(C)=O)c2c1cc1n(c2=O)Cc2cc3ccccc3nc2-1. The second kappa shape index (κ2) is 6.24. The molecule has 0 fully saturated rings. The summed E-state index contributed by atoms with van der Waals surface area (Å²) in [6.45, 7) is 3.05. The van der Waals surface area contributed by atoms with Crippen molar-refractivity contribution >= 4 is 22.8 Å². The van der Waals surface area contributed by atoms with E-state index in [2.05, 4.69) is 0 Å². The fraction of sp³-hybridized carbons (Fsp3) is 0.273. The van der Waals surface area contributed by atoms with Crippen LogP contribution in [0.5, 0.6) is 0 Å². The molecule has 8 nitrogen and oxygen atoms in total. The molecule has 0 saturated heterocycles. The first kappa shape index (κ1) is 18.5. The summed E-state index contributed by atoms with van der Waals surface area (Å²) in [5, 5.41) is 12.0. The van der Waals surface area contributed by atoms with Crippen LogP contribution < -0.4 is 5.56 Å². The van der Waals surface area contributed by atoms with Crippen molar-refractivity contribution in [1.29, 1.82) is 0 Å². The monoisotopic (exact) mass is 406 g/mol. The van der Waals surface area contributed by atoms with E-state index in [0.717, 1.165) is 23.4 Å². The molecule has 0 spiro atoms. The molecule has 4 heterocycles. The molecule has 0 radical (unpaired) electrons. The van der Waals surface area contributed by atoms with Gasteiger partial charge in [-0.1, -0.05) is 25.1 Å². The Morgan fingerprint density at radius 1 is 1.33 bits per heavy atom. The molecule has 30 heavy (non-hydrogen) atoms. The zero-order valence-electron chi connectivity index (χ0n) is 16.3. The van der Waals surface area contributed by atoms with E-state index in [9.17, 15) is 19.5 Å². The maximum Gasteiger partial charge on any atom is 0.346 e. The number of pyridine rings is 2. The van der Waals surface area contributed by atoms with Crippen molar-refractivity contribution in [2.75, 3.05) is 0 Å². The van der Waals surface area contributed by atoms with Gasteiger partial charge in [0.05, 0.1) is 23.4 Å². The highest BCUT2D eigenvalue weighted by Gasteiger charge is 2.50. The maximum atomic E-state index is 13.4. The minimum Gasteiger partial charge on any atom is -0.421 e. The summed E-state index contributed by atoms with van der Waals surface area (Å²) < 4.78 is 11.7. The number of aliphatic hydroxyl groups is 1. The van der Waals surface area contributed by atoms with Gasteiger partial charge in [-0.15, -0.1) is 0 Å². The fourth-order valence-corrected chi connectivity index (χ4v) is 4.19. The van der Waals surface area contributed by atoms with Crippen molar-refractivity contribution in [3.63, 3.8) is 0 Å². The number of para-hydroxylation sites is 1. The molecular weight excluding hydrogens is 388 g/mol. The largest absolute Gasteiger partial charge is 0.421 e. The van der Waals surface area contributed by atoms with E-state index in [4.69, 9.17) is 14.5 Å². The van der Waals surface area contributed by atoms with Gasteiger partial charge in [0.15, 0.2) is 5.60 Å². The molecule has 3 aromatic rings. The Bertz CT molecular complexity index is 1310. The van der Waals surface area contributed by atoms with Crippen molar-refractivity contribution < 1.29 is 24.2 Å². The zero-order chi connectivity index (χ0) is 21.2. The van der Waals surface area contributed by atoms with Gasteiger partial charge < -0.3 is 19.1 Å². The Morgan fingerprint density at radius 2 is 2.10 bits per heavy atom. The number of carbonyl (C=O) groups excluding carboxylic acids is 2. The third-order valence-electron chi connectivity index (χ3n) is 5.73. The standard InChI is InChI=1S/C22H18N2O6/c1-3-22(28)14-9-16-18-13(8-12-6-4-5-7-15(12)23-18)10-24(16)19(26)17(14)20(29-11(2)25)30-21(22)27/h4-9,20,28H,3,10H2,1-2H3/t20?,22-/m0/s1. The Hall–Kier alpha value is -3.52. The lowest BCUT2D eigenvalue weighted by Gasteiger charge is -2.35. The van der Waals surface area contributed by atoms with Crippen molar-refractivity contribution in [2.24, 2.45) is 0 Å². The molecule has 2 atom stereocenters. The fourth-order valence-electron chi connectivity index (χ4n) is 4.19. The minimum atomic E-state index is -2.01. The number of benzene rings is 1. The van der Waals surface area contributed by atoms with Crippen LogP contribution in [0, 0.1) is 0 Å². The highest BCUT2D eigenvalue weighted by Crippen LogP contribution is 2.42. The lowest BCUT2D eigenvalue weighted by molar-refractivity contribution is -0.210.